The van der Waals surface area contributed by atoms with Crippen molar-refractivity contribution in [1.82, 2.24) is 4.31 Å². The van der Waals surface area contributed by atoms with E-state index in [1.165, 1.54) is 21.6 Å². The monoisotopic (exact) mass is 506 g/mol. The van der Waals surface area contributed by atoms with Crippen molar-refractivity contribution in [3.63, 3.8) is 0 Å². The van der Waals surface area contributed by atoms with Gasteiger partial charge in [0.2, 0.25) is 0 Å². The largest absolute Gasteiger partial charge is 0.464 e. The molecule has 2 aliphatic rings. The average molecular weight is 507 g/mol. The molecule has 0 atom stereocenters. The van der Waals surface area contributed by atoms with Crippen LogP contribution >= 0.6 is 23.5 Å². The van der Waals surface area contributed by atoms with Crippen LogP contribution in [0.25, 0.3) is 0 Å². The smallest absolute Gasteiger partial charge is 0.331 e. The summed E-state index contributed by atoms with van der Waals surface area (Å²) in [6.07, 6.45) is 3.07. The number of carbonyl (C=O) groups excluding carboxylic acids is 1. The van der Waals surface area contributed by atoms with Crippen LogP contribution in [0.3, 0.4) is 0 Å². The van der Waals surface area contributed by atoms with Crippen molar-refractivity contribution >= 4 is 35.2 Å². The first kappa shape index (κ1) is 24.2. The molecular weight excluding hydrogens is 476 g/mol. The van der Waals surface area contributed by atoms with Crippen LogP contribution in [0.2, 0.25) is 5.02 Å². The number of hydrogen-bond acceptors (Lipinski definition) is 5. The molecule has 1 aliphatic carbocycles. The Morgan fingerprint density at radius 1 is 1.03 bits per heavy atom. The summed E-state index contributed by atoms with van der Waals surface area (Å²) in [5.41, 5.74) is 3.97. The zero-order chi connectivity index (χ0) is 24.5. The molecule has 1 saturated carbocycles. The van der Waals surface area contributed by atoms with Gasteiger partial charge in [-0.25, -0.2) is 9.10 Å². The number of aryl methyl sites for hydroxylation is 1. The SMILES string of the molecule is CCOC(=O)C1(Nc2cccc(Cl)c2)CCC2(CC1)c1ccccc1CN2Sc1ccc(C)cc1. The van der Waals surface area contributed by atoms with Crippen molar-refractivity contribution in [3.05, 3.63) is 94.5 Å². The molecule has 0 aromatic heterocycles. The number of hydrogen-bond donors (Lipinski definition) is 1. The molecule has 1 fully saturated rings. The molecule has 0 bridgehead atoms. The molecule has 4 nitrogen and oxygen atoms in total. The highest BCUT2D eigenvalue weighted by atomic mass is 35.5. The van der Waals surface area contributed by atoms with E-state index in [-0.39, 0.29) is 11.5 Å². The lowest BCUT2D eigenvalue weighted by molar-refractivity contribution is -0.150. The van der Waals surface area contributed by atoms with E-state index >= 15 is 0 Å². The summed E-state index contributed by atoms with van der Waals surface area (Å²) in [6, 6.07) is 25.1. The van der Waals surface area contributed by atoms with Gasteiger partial charge < -0.3 is 10.1 Å². The highest BCUT2D eigenvalue weighted by Crippen LogP contribution is 2.55. The molecule has 1 N–H and O–H groups in total. The number of nitrogens with zero attached hydrogens (tertiary/aromatic N) is 1. The van der Waals surface area contributed by atoms with Gasteiger partial charge in [0.05, 0.1) is 12.1 Å². The normalized spacial score (nSPS) is 23.7. The first-order chi connectivity index (χ1) is 16.9. The van der Waals surface area contributed by atoms with Gasteiger partial charge >= 0.3 is 5.97 Å². The molecule has 1 spiro atoms. The van der Waals surface area contributed by atoms with Crippen molar-refractivity contribution < 1.29 is 9.53 Å². The number of esters is 1. The first-order valence-electron chi connectivity index (χ1n) is 12.3. The Hall–Kier alpha value is -2.47. The molecule has 3 aromatic carbocycles. The van der Waals surface area contributed by atoms with Gasteiger partial charge in [0.1, 0.15) is 5.54 Å². The van der Waals surface area contributed by atoms with E-state index in [2.05, 4.69) is 65.1 Å². The number of halogens is 1. The van der Waals surface area contributed by atoms with Crippen molar-refractivity contribution in [2.75, 3.05) is 11.9 Å². The Bertz CT molecular complexity index is 1210. The molecule has 1 aliphatic heterocycles. The minimum absolute atomic E-state index is 0.127. The molecule has 6 heteroatoms. The maximum absolute atomic E-state index is 13.3. The summed E-state index contributed by atoms with van der Waals surface area (Å²) >= 11 is 8.07. The number of ether oxygens (including phenoxy) is 1. The molecule has 0 radical (unpaired) electrons. The second-order valence-corrected chi connectivity index (χ2v) is 11.1. The molecule has 182 valence electrons. The van der Waals surface area contributed by atoms with E-state index in [1.54, 1.807) is 0 Å². The lowest BCUT2D eigenvalue weighted by Crippen LogP contribution is -2.54. The summed E-state index contributed by atoms with van der Waals surface area (Å²) < 4.78 is 8.13. The molecule has 0 saturated heterocycles. The van der Waals surface area contributed by atoms with Gasteiger partial charge in [-0.05, 0) is 92.9 Å². The number of carbonyl (C=O) groups is 1. The van der Waals surface area contributed by atoms with E-state index in [1.807, 2.05) is 43.1 Å². The van der Waals surface area contributed by atoms with Crippen LogP contribution in [-0.4, -0.2) is 22.4 Å². The standard InChI is InChI=1S/C29H31ClN2O2S/c1-3-34-27(33)28(31-24-9-6-8-23(30)19-24)15-17-29(18-16-28)26-10-5-4-7-22(26)20-32(29)35-25-13-11-21(2)12-14-25/h4-14,19,31H,3,15-18,20H2,1-2H3. The maximum atomic E-state index is 13.3. The highest BCUT2D eigenvalue weighted by Gasteiger charge is 2.54. The third-order valence-electron chi connectivity index (χ3n) is 7.35. The van der Waals surface area contributed by atoms with E-state index in [4.69, 9.17) is 16.3 Å². The summed E-state index contributed by atoms with van der Waals surface area (Å²) in [4.78, 5) is 14.6. The van der Waals surface area contributed by atoms with Crippen LogP contribution in [0.15, 0.2) is 77.7 Å². The lowest BCUT2D eigenvalue weighted by atomic mass is 9.69. The van der Waals surface area contributed by atoms with Crippen molar-refractivity contribution in [3.8, 4) is 0 Å². The van der Waals surface area contributed by atoms with Gasteiger partial charge in [-0.15, -0.1) is 0 Å². The molecule has 1 heterocycles. The Kier molecular flexibility index (Phi) is 6.84. The molecular formula is C29H31ClN2O2S. The molecule has 5 rings (SSSR count). The predicted molar refractivity (Wildman–Crippen MR) is 144 cm³/mol. The lowest BCUT2D eigenvalue weighted by Gasteiger charge is -2.48. The van der Waals surface area contributed by atoms with Crippen molar-refractivity contribution in [2.24, 2.45) is 0 Å². The van der Waals surface area contributed by atoms with Crippen LogP contribution in [-0.2, 0) is 21.6 Å². The topological polar surface area (TPSA) is 41.6 Å². The Balaban J connectivity index is 1.46. The third-order valence-corrected chi connectivity index (χ3v) is 8.77. The van der Waals surface area contributed by atoms with Gasteiger partial charge in [0, 0.05) is 22.2 Å². The van der Waals surface area contributed by atoms with Gasteiger partial charge in [0.25, 0.3) is 0 Å². The quantitative estimate of drug-likeness (QED) is 0.279. The van der Waals surface area contributed by atoms with Crippen LogP contribution < -0.4 is 5.32 Å². The Labute approximate surface area is 217 Å². The van der Waals surface area contributed by atoms with Gasteiger partial charge in [-0.1, -0.05) is 59.6 Å². The zero-order valence-electron chi connectivity index (χ0n) is 20.2. The summed E-state index contributed by atoms with van der Waals surface area (Å²) in [7, 11) is 0. The number of benzene rings is 3. The van der Waals surface area contributed by atoms with E-state index in [0.717, 1.165) is 25.1 Å². The number of rotatable bonds is 6. The minimum atomic E-state index is -0.774. The minimum Gasteiger partial charge on any atom is -0.464 e. The Morgan fingerprint density at radius 3 is 2.49 bits per heavy atom. The number of nitrogens with one attached hydrogen (secondary N) is 1. The first-order valence-corrected chi connectivity index (χ1v) is 13.4. The van der Waals surface area contributed by atoms with Crippen LogP contribution in [0.4, 0.5) is 5.69 Å². The third kappa shape index (κ3) is 4.69. The van der Waals surface area contributed by atoms with Crippen molar-refractivity contribution in [2.45, 2.75) is 62.0 Å². The van der Waals surface area contributed by atoms with Gasteiger partial charge in [-0.3, -0.25) is 0 Å². The van der Waals surface area contributed by atoms with Crippen LogP contribution in [0.5, 0.6) is 0 Å². The fourth-order valence-electron chi connectivity index (χ4n) is 5.50. The van der Waals surface area contributed by atoms with E-state index < -0.39 is 5.54 Å². The van der Waals surface area contributed by atoms with E-state index in [9.17, 15) is 4.79 Å². The summed E-state index contributed by atoms with van der Waals surface area (Å²) in [6.45, 7) is 5.23. The summed E-state index contributed by atoms with van der Waals surface area (Å²) in [5, 5.41) is 4.18. The van der Waals surface area contributed by atoms with Crippen LogP contribution in [0, 0.1) is 6.92 Å². The highest BCUT2D eigenvalue weighted by molar-refractivity contribution is 7.97. The van der Waals surface area contributed by atoms with Gasteiger partial charge in [0.15, 0.2) is 0 Å². The van der Waals surface area contributed by atoms with Crippen LogP contribution in [0.1, 0.15) is 49.3 Å². The van der Waals surface area contributed by atoms with Crippen molar-refractivity contribution in [1.29, 1.82) is 0 Å². The fourth-order valence-corrected chi connectivity index (χ4v) is 6.86. The molecule has 0 unspecified atom stereocenters. The summed E-state index contributed by atoms with van der Waals surface area (Å²) in [5.74, 6) is -0.182. The Morgan fingerprint density at radius 2 is 1.77 bits per heavy atom. The fraction of sp³-hybridized carbons (Fsp3) is 0.345. The van der Waals surface area contributed by atoms with Gasteiger partial charge in [-0.2, -0.15) is 0 Å². The second-order valence-electron chi connectivity index (χ2n) is 9.57. The molecule has 35 heavy (non-hydrogen) atoms. The predicted octanol–water partition coefficient (Wildman–Crippen LogP) is 7.35. The second kappa shape index (κ2) is 9.88. The average Bonchev–Trinajstić information content (AvgIpc) is 3.15. The van der Waals surface area contributed by atoms with E-state index in [0.29, 0.717) is 24.5 Å². The molecule has 3 aromatic rings. The number of fused-ring (bicyclic) bond motifs is 2. The zero-order valence-corrected chi connectivity index (χ0v) is 21.8. The molecule has 0 amide bonds. The number of anilines is 1. The maximum Gasteiger partial charge on any atom is 0.331 e.